The molecule has 148 valence electrons. The van der Waals surface area contributed by atoms with Crippen LogP contribution in [0.5, 0.6) is 0 Å². The molecule has 0 radical (unpaired) electrons. The van der Waals surface area contributed by atoms with E-state index in [-0.39, 0.29) is 48.0 Å². The average molecular weight is 655 g/mol. The van der Waals surface area contributed by atoms with Crippen molar-refractivity contribution < 1.29 is 56.9 Å². The van der Waals surface area contributed by atoms with Crippen molar-refractivity contribution >= 4 is 22.0 Å². The van der Waals surface area contributed by atoms with Crippen LogP contribution in [0.2, 0.25) is 0 Å². The lowest BCUT2D eigenvalue weighted by atomic mass is 10.1. The van der Waals surface area contributed by atoms with Crippen LogP contribution in [0, 0.1) is 0 Å². The number of likely N-dealkylation sites (N-methyl/N-ethyl adjacent to an activating group) is 2. The van der Waals surface area contributed by atoms with Gasteiger partial charge in [0.05, 0.1) is 20.6 Å². The molecule has 0 amide bonds. The Labute approximate surface area is 207 Å². The van der Waals surface area contributed by atoms with Crippen LogP contribution in [0.3, 0.4) is 0 Å². The second kappa shape index (κ2) is 11.3. The molecule has 5 heteroatoms. The predicted octanol–water partition coefficient (Wildman–Crippen LogP) is -1.42. The molecule has 0 atom stereocenters. The van der Waals surface area contributed by atoms with E-state index in [2.05, 4.69) is 96.8 Å². The molecule has 0 bridgehead atoms. The lowest BCUT2D eigenvalue weighted by Gasteiger charge is -2.46. The molecule has 1 saturated heterocycles. The number of quaternary nitrogens is 2. The molecule has 1 heterocycles. The summed E-state index contributed by atoms with van der Waals surface area (Å²) in [5.74, 6) is 0. The maximum absolute atomic E-state index is 3.53. The highest BCUT2D eigenvalue weighted by molar-refractivity contribution is 9.10. The highest BCUT2D eigenvalue weighted by atomic mass is 127. The molecule has 0 spiro atoms. The Bertz CT molecular complexity index is 709. The van der Waals surface area contributed by atoms with Crippen LogP contribution in [0.4, 0.5) is 0 Å². The maximum Gasteiger partial charge on any atom is 0.129 e. The molecule has 3 rings (SSSR count). The van der Waals surface area contributed by atoms with Gasteiger partial charge in [0.25, 0.3) is 0 Å². The minimum Gasteiger partial charge on any atom is -1.00 e. The lowest BCUT2D eigenvalue weighted by molar-refractivity contribution is -1.02. The molecule has 0 N–H and O–H groups in total. The quantitative estimate of drug-likeness (QED) is 0.275. The number of hydrogen-bond donors (Lipinski definition) is 0. The van der Waals surface area contributed by atoms with Gasteiger partial charge >= 0.3 is 0 Å². The highest BCUT2D eigenvalue weighted by Gasteiger charge is 2.36. The molecular formula is C22H29BrI2N2. The van der Waals surface area contributed by atoms with Gasteiger partial charge in [-0.2, -0.15) is 0 Å². The number of nitrogens with zero attached hydrogens (tertiary/aromatic N) is 2. The lowest BCUT2D eigenvalue weighted by Crippen LogP contribution is -3.00. The van der Waals surface area contributed by atoms with E-state index in [9.17, 15) is 0 Å². The SMILES string of the molecule is C[N+]1(C/C=C/c2ccccc2)CC[N+](C)(Cc2ccc(Br)cc2)CC1.[I-].[I-]. The molecule has 0 aliphatic carbocycles. The van der Waals surface area contributed by atoms with Gasteiger partial charge < -0.3 is 56.9 Å². The molecule has 1 aliphatic heterocycles. The van der Waals surface area contributed by atoms with E-state index in [0.717, 1.165) is 26.5 Å². The molecule has 0 saturated carbocycles. The Hall–Kier alpha value is 0.0400. The molecule has 2 nitrogen and oxygen atoms in total. The fraction of sp³-hybridized carbons (Fsp3) is 0.364. The van der Waals surface area contributed by atoms with Crippen LogP contribution in [-0.4, -0.2) is 55.8 Å². The van der Waals surface area contributed by atoms with Crippen molar-refractivity contribution in [3.05, 3.63) is 76.3 Å². The summed E-state index contributed by atoms with van der Waals surface area (Å²) in [5, 5.41) is 0. The second-order valence-corrected chi connectivity index (χ2v) is 8.83. The van der Waals surface area contributed by atoms with E-state index >= 15 is 0 Å². The fourth-order valence-electron chi connectivity index (χ4n) is 3.57. The number of hydrogen-bond acceptors (Lipinski definition) is 0. The van der Waals surface area contributed by atoms with Crippen LogP contribution >= 0.6 is 15.9 Å². The summed E-state index contributed by atoms with van der Waals surface area (Å²) in [6.45, 7) is 7.22. The molecule has 1 fully saturated rings. The second-order valence-electron chi connectivity index (χ2n) is 7.91. The van der Waals surface area contributed by atoms with Crippen molar-refractivity contribution in [2.75, 3.05) is 46.8 Å². The van der Waals surface area contributed by atoms with Gasteiger partial charge in [-0.15, -0.1) is 0 Å². The zero-order chi connectivity index (χ0) is 17.8. The molecule has 1 aliphatic rings. The van der Waals surface area contributed by atoms with Gasteiger partial charge in [0.1, 0.15) is 32.7 Å². The summed E-state index contributed by atoms with van der Waals surface area (Å²) in [6, 6.07) is 19.4. The van der Waals surface area contributed by atoms with Crippen LogP contribution in [0.1, 0.15) is 11.1 Å². The zero-order valence-corrected chi connectivity index (χ0v) is 22.0. The third-order valence-corrected chi connectivity index (χ3v) is 6.02. The molecule has 27 heavy (non-hydrogen) atoms. The first-order valence-electron chi connectivity index (χ1n) is 9.10. The van der Waals surface area contributed by atoms with Crippen LogP contribution in [0.25, 0.3) is 6.08 Å². The Balaban J connectivity index is 0.00000182. The zero-order valence-electron chi connectivity index (χ0n) is 16.1. The standard InChI is InChI=1S/C22H29BrN2.2HI/c1-24(14-6-9-20-7-4-3-5-8-20)15-17-25(2,18-16-24)19-21-10-12-22(23)13-11-21;;/h3-13H,14-19H2,1-2H3;2*1H/q+2;;/p-2/b9-6+;;. The number of halogens is 3. The van der Waals surface area contributed by atoms with Gasteiger partial charge in [-0.05, 0) is 23.8 Å². The normalized spacial score (nSPS) is 24.9. The number of piperazine rings is 1. The van der Waals surface area contributed by atoms with Crippen LogP contribution in [0.15, 0.2) is 65.1 Å². The predicted molar refractivity (Wildman–Crippen MR) is 110 cm³/mol. The topological polar surface area (TPSA) is 0 Å². The molecular weight excluding hydrogens is 626 g/mol. The van der Waals surface area contributed by atoms with Crippen molar-refractivity contribution in [3.63, 3.8) is 0 Å². The first-order valence-corrected chi connectivity index (χ1v) is 9.89. The summed E-state index contributed by atoms with van der Waals surface area (Å²) >= 11 is 3.53. The Morgan fingerprint density at radius 3 is 1.96 bits per heavy atom. The van der Waals surface area contributed by atoms with E-state index < -0.39 is 0 Å². The summed E-state index contributed by atoms with van der Waals surface area (Å²) in [6.07, 6.45) is 4.60. The third-order valence-electron chi connectivity index (χ3n) is 5.49. The van der Waals surface area contributed by atoms with Crippen LogP contribution in [-0.2, 0) is 6.54 Å². The van der Waals surface area contributed by atoms with Gasteiger partial charge in [0, 0.05) is 10.0 Å². The van der Waals surface area contributed by atoms with Crippen molar-refractivity contribution in [2.24, 2.45) is 0 Å². The monoisotopic (exact) mass is 654 g/mol. The molecule has 2 aromatic carbocycles. The van der Waals surface area contributed by atoms with E-state index in [0.29, 0.717) is 0 Å². The van der Waals surface area contributed by atoms with Crippen LogP contribution < -0.4 is 48.0 Å². The summed E-state index contributed by atoms with van der Waals surface area (Å²) in [5.41, 5.74) is 2.73. The summed E-state index contributed by atoms with van der Waals surface area (Å²) < 4.78 is 3.46. The number of benzene rings is 2. The summed E-state index contributed by atoms with van der Waals surface area (Å²) in [4.78, 5) is 0. The average Bonchev–Trinajstić information content (AvgIpc) is 2.61. The highest BCUT2D eigenvalue weighted by Crippen LogP contribution is 2.21. The minimum absolute atomic E-state index is 0. The number of rotatable bonds is 5. The molecule has 2 aromatic rings. The van der Waals surface area contributed by atoms with Crippen molar-refractivity contribution in [3.8, 4) is 0 Å². The van der Waals surface area contributed by atoms with Gasteiger partial charge in [-0.1, -0.05) is 64.5 Å². The Morgan fingerprint density at radius 2 is 1.37 bits per heavy atom. The van der Waals surface area contributed by atoms with E-state index in [1.165, 1.54) is 37.3 Å². The van der Waals surface area contributed by atoms with E-state index in [4.69, 9.17) is 0 Å². The minimum atomic E-state index is 0. The smallest absolute Gasteiger partial charge is 0.129 e. The van der Waals surface area contributed by atoms with E-state index in [1.54, 1.807) is 0 Å². The Morgan fingerprint density at radius 1 is 0.815 bits per heavy atom. The van der Waals surface area contributed by atoms with Gasteiger partial charge in [0.2, 0.25) is 0 Å². The third kappa shape index (κ3) is 7.76. The van der Waals surface area contributed by atoms with Gasteiger partial charge in [-0.25, -0.2) is 0 Å². The first kappa shape index (κ1) is 25.1. The Kier molecular flexibility index (Phi) is 10.5. The van der Waals surface area contributed by atoms with Gasteiger partial charge in [-0.3, -0.25) is 0 Å². The first-order chi connectivity index (χ1) is 12.0. The maximum atomic E-state index is 3.53. The summed E-state index contributed by atoms with van der Waals surface area (Å²) in [7, 11) is 4.81. The van der Waals surface area contributed by atoms with E-state index in [1.807, 2.05) is 0 Å². The largest absolute Gasteiger partial charge is 1.00 e. The van der Waals surface area contributed by atoms with Crippen molar-refractivity contribution in [1.29, 1.82) is 0 Å². The fourth-order valence-corrected chi connectivity index (χ4v) is 3.83. The van der Waals surface area contributed by atoms with Gasteiger partial charge in [0.15, 0.2) is 0 Å². The molecule has 0 unspecified atom stereocenters. The van der Waals surface area contributed by atoms with Crippen molar-refractivity contribution in [1.82, 2.24) is 0 Å². The molecule has 0 aromatic heterocycles. The van der Waals surface area contributed by atoms with Crippen molar-refractivity contribution in [2.45, 2.75) is 6.54 Å².